The van der Waals surface area contributed by atoms with E-state index in [-0.39, 0.29) is 18.0 Å². The molecule has 1 aliphatic carbocycles. The SMILES string of the molecule is Fc1ccc(CN2CCO[C@H]3[C@H](OCc4ccncc4)CC[C@@H]32)cc1.O=C(O)C(F)(F)F.O=C(O)C(F)(F)F. The maximum Gasteiger partial charge on any atom is 0.490 e. The van der Waals surface area contributed by atoms with E-state index in [2.05, 4.69) is 9.88 Å². The molecule has 15 heteroatoms. The Morgan fingerprint density at radius 1 is 0.923 bits per heavy atom. The Labute approximate surface area is 218 Å². The molecule has 39 heavy (non-hydrogen) atoms. The van der Waals surface area contributed by atoms with Crippen molar-refractivity contribution in [3.8, 4) is 0 Å². The van der Waals surface area contributed by atoms with Crippen LogP contribution in [-0.4, -0.2) is 75.8 Å². The minimum atomic E-state index is -5.08. The number of carbonyl (C=O) groups is 2. The highest BCUT2D eigenvalue weighted by molar-refractivity contribution is 5.73. The Bertz CT molecular complexity index is 1030. The number of carboxylic acids is 2. The fourth-order valence-corrected chi connectivity index (χ4v) is 3.87. The van der Waals surface area contributed by atoms with Crippen LogP contribution in [-0.2, 0) is 32.2 Å². The van der Waals surface area contributed by atoms with Crippen LogP contribution in [0.4, 0.5) is 30.7 Å². The van der Waals surface area contributed by atoms with Gasteiger partial charge in [0, 0.05) is 31.5 Å². The molecule has 2 aliphatic rings. The molecular formula is C24H25F7N2O6. The minimum absolute atomic E-state index is 0.121. The second kappa shape index (κ2) is 14.2. The lowest BCUT2D eigenvalue weighted by molar-refractivity contribution is -0.193. The van der Waals surface area contributed by atoms with Crippen molar-refractivity contribution in [3.05, 3.63) is 65.7 Å². The molecule has 0 unspecified atom stereocenters. The van der Waals surface area contributed by atoms with Gasteiger partial charge in [0.1, 0.15) is 5.82 Å². The maximum atomic E-state index is 13.1. The molecule has 2 heterocycles. The van der Waals surface area contributed by atoms with E-state index in [1.54, 1.807) is 12.4 Å². The number of nitrogens with zero attached hydrogens (tertiary/aromatic N) is 2. The zero-order valence-corrected chi connectivity index (χ0v) is 20.2. The average Bonchev–Trinajstić information content (AvgIpc) is 3.28. The van der Waals surface area contributed by atoms with Crippen LogP contribution in [0.25, 0.3) is 0 Å². The van der Waals surface area contributed by atoms with Gasteiger partial charge in [-0.15, -0.1) is 0 Å². The third-order valence-electron chi connectivity index (χ3n) is 5.65. The van der Waals surface area contributed by atoms with Gasteiger partial charge < -0.3 is 19.7 Å². The zero-order chi connectivity index (χ0) is 29.2. The number of morpholine rings is 1. The lowest BCUT2D eigenvalue weighted by Crippen LogP contribution is -2.51. The molecule has 1 aromatic heterocycles. The first-order valence-corrected chi connectivity index (χ1v) is 11.4. The summed E-state index contributed by atoms with van der Waals surface area (Å²) in [6.07, 6.45) is -4.24. The van der Waals surface area contributed by atoms with Crippen molar-refractivity contribution in [1.29, 1.82) is 0 Å². The maximum absolute atomic E-state index is 13.1. The predicted molar refractivity (Wildman–Crippen MR) is 120 cm³/mol. The number of benzene rings is 1. The Kier molecular flexibility index (Phi) is 11.6. The first-order valence-electron chi connectivity index (χ1n) is 11.4. The highest BCUT2D eigenvalue weighted by atomic mass is 19.4. The van der Waals surface area contributed by atoms with E-state index >= 15 is 0 Å². The van der Waals surface area contributed by atoms with Crippen molar-refractivity contribution in [2.24, 2.45) is 0 Å². The molecule has 1 saturated heterocycles. The summed E-state index contributed by atoms with van der Waals surface area (Å²) in [5.74, 6) is -5.70. The quantitative estimate of drug-likeness (QED) is 0.509. The third kappa shape index (κ3) is 10.8. The zero-order valence-electron chi connectivity index (χ0n) is 20.2. The summed E-state index contributed by atoms with van der Waals surface area (Å²) in [4.78, 5) is 24.3. The second-order valence-electron chi connectivity index (χ2n) is 8.39. The van der Waals surface area contributed by atoms with Crippen LogP contribution in [0.15, 0.2) is 48.8 Å². The fourth-order valence-electron chi connectivity index (χ4n) is 3.87. The van der Waals surface area contributed by atoms with Crippen molar-refractivity contribution in [2.45, 2.75) is 56.6 Å². The normalized spacial score (nSPS) is 21.1. The Balaban J connectivity index is 0.000000317. The van der Waals surface area contributed by atoms with Crippen LogP contribution in [0.1, 0.15) is 24.0 Å². The first kappa shape index (κ1) is 31.9. The van der Waals surface area contributed by atoms with Gasteiger partial charge in [-0.2, -0.15) is 26.3 Å². The van der Waals surface area contributed by atoms with E-state index < -0.39 is 24.3 Å². The van der Waals surface area contributed by atoms with Crippen LogP contribution in [0.3, 0.4) is 0 Å². The number of hydrogen-bond donors (Lipinski definition) is 2. The number of rotatable bonds is 5. The van der Waals surface area contributed by atoms with E-state index in [4.69, 9.17) is 29.3 Å². The van der Waals surface area contributed by atoms with E-state index in [9.17, 15) is 30.7 Å². The Morgan fingerprint density at radius 2 is 1.46 bits per heavy atom. The summed E-state index contributed by atoms with van der Waals surface area (Å²) in [7, 11) is 0. The largest absolute Gasteiger partial charge is 0.490 e. The molecule has 1 aromatic carbocycles. The summed E-state index contributed by atoms with van der Waals surface area (Å²) in [6.45, 7) is 3.06. The van der Waals surface area contributed by atoms with Crippen LogP contribution in [0.5, 0.6) is 0 Å². The number of fused-ring (bicyclic) bond motifs is 1. The molecule has 3 atom stereocenters. The van der Waals surface area contributed by atoms with Gasteiger partial charge in [-0.05, 0) is 48.2 Å². The van der Waals surface area contributed by atoms with Gasteiger partial charge in [-0.1, -0.05) is 12.1 Å². The molecule has 2 fully saturated rings. The van der Waals surface area contributed by atoms with Gasteiger partial charge >= 0.3 is 24.3 Å². The average molecular weight is 570 g/mol. The van der Waals surface area contributed by atoms with Crippen molar-refractivity contribution in [1.82, 2.24) is 9.88 Å². The number of carboxylic acid groups (broad SMARTS) is 2. The molecule has 1 saturated carbocycles. The van der Waals surface area contributed by atoms with Gasteiger partial charge in [0.15, 0.2) is 0 Å². The number of pyridine rings is 1. The van der Waals surface area contributed by atoms with Crippen molar-refractivity contribution in [2.75, 3.05) is 13.2 Å². The standard InChI is InChI=1S/C20H23FN2O2.2C2HF3O2/c21-17-3-1-15(2-4-17)13-23-11-12-24-20-18(23)5-6-19(20)25-14-16-7-9-22-10-8-16;2*3-2(4,5)1(6)7/h1-4,7-10,18-20H,5-6,11-14H2;2*(H,6,7)/t18-,19+,20+;;/m0../s1. The van der Waals surface area contributed by atoms with E-state index in [1.165, 1.54) is 12.1 Å². The molecule has 0 bridgehead atoms. The summed E-state index contributed by atoms with van der Waals surface area (Å²) < 4.78 is 88.8. The van der Waals surface area contributed by atoms with Gasteiger partial charge in [-0.3, -0.25) is 9.88 Å². The molecule has 2 N–H and O–H groups in total. The molecule has 1 aliphatic heterocycles. The van der Waals surface area contributed by atoms with Crippen LogP contribution < -0.4 is 0 Å². The smallest absolute Gasteiger partial charge is 0.475 e. The highest BCUT2D eigenvalue weighted by Crippen LogP contribution is 2.33. The lowest BCUT2D eigenvalue weighted by atomic mass is 10.1. The number of aromatic nitrogens is 1. The van der Waals surface area contributed by atoms with Crippen LogP contribution in [0, 0.1) is 5.82 Å². The Morgan fingerprint density at radius 3 is 1.97 bits per heavy atom. The number of ether oxygens (including phenoxy) is 2. The first-order chi connectivity index (χ1) is 18.2. The summed E-state index contributed by atoms with van der Waals surface area (Å²) in [6, 6.07) is 11.1. The van der Waals surface area contributed by atoms with Crippen molar-refractivity contribution >= 4 is 11.9 Å². The fraction of sp³-hybridized carbons (Fsp3) is 0.458. The minimum Gasteiger partial charge on any atom is -0.475 e. The third-order valence-corrected chi connectivity index (χ3v) is 5.65. The molecule has 0 radical (unpaired) electrons. The summed E-state index contributed by atoms with van der Waals surface area (Å²) in [5.41, 5.74) is 2.28. The van der Waals surface area contributed by atoms with Crippen molar-refractivity contribution < 1.29 is 60.0 Å². The van der Waals surface area contributed by atoms with E-state index in [0.29, 0.717) is 12.6 Å². The number of aliphatic carboxylic acids is 2. The topological polar surface area (TPSA) is 109 Å². The molecule has 8 nitrogen and oxygen atoms in total. The highest BCUT2D eigenvalue weighted by Gasteiger charge is 2.43. The lowest BCUT2D eigenvalue weighted by Gasteiger charge is -2.39. The van der Waals surface area contributed by atoms with Crippen molar-refractivity contribution in [3.63, 3.8) is 0 Å². The molecular weight excluding hydrogens is 545 g/mol. The van der Waals surface area contributed by atoms with Gasteiger partial charge in [0.05, 0.1) is 25.4 Å². The monoisotopic (exact) mass is 570 g/mol. The molecule has 0 spiro atoms. The summed E-state index contributed by atoms with van der Waals surface area (Å²) >= 11 is 0. The van der Waals surface area contributed by atoms with Gasteiger partial charge in [0.2, 0.25) is 0 Å². The van der Waals surface area contributed by atoms with Gasteiger partial charge in [0.25, 0.3) is 0 Å². The molecule has 216 valence electrons. The molecule has 0 amide bonds. The number of halogens is 7. The second-order valence-corrected chi connectivity index (χ2v) is 8.39. The van der Waals surface area contributed by atoms with Crippen LogP contribution >= 0.6 is 0 Å². The number of alkyl halides is 6. The molecule has 2 aromatic rings. The van der Waals surface area contributed by atoms with E-state index in [0.717, 1.165) is 43.7 Å². The predicted octanol–water partition coefficient (Wildman–Crippen LogP) is 4.44. The number of hydrogen-bond acceptors (Lipinski definition) is 6. The van der Waals surface area contributed by atoms with Gasteiger partial charge in [-0.25, -0.2) is 14.0 Å². The molecule has 4 rings (SSSR count). The Hall–Kier alpha value is -3.30. The van der Waals surface area contributed by atoms with E-state index in [1.807, 2.05) is 24.3 Å². The summed E-state index contributed by atoms with van der Waals surface area (Å²) in [5, 5.41) is 14.2. The van der Waals surface area contributed by atoms with Crippen LogP contribution in [0.2, 0.25) is 0 Å².